The molecule has 3 nitrogen and oxygen atoms in total. The molecule has 2 aromatic rings. The predicted octanol–water partition coefficient (Wildman–Crippen LogP) is 3.04. The van der Waals surface area contributed by atoms with Crippen LogP contribution in [0, 0.1) is 0 Å². The molecule has 0 spiro atoms. The summed E-state index contributed by atoms with van der Waals surface area (Å²) in [6, 6.07) is 12.6. The summed E-state index contributed by atoms with van der Waals surface area (Å²) < 4.78 is 0. The molecule has 3 heteroatoms. The highest BCUT2D eigenvalue weighted by Crippen LogP contribution is 2.20. The minimum Gasteiger partial charge on any atom is -0.363 e. The molecule has 1 unspecified atom stereocenters. The van der Waals surface area contributed by atoms with Gasteiger partial charge in [0, 0.05) is 6.20 Å². The molecule has 0 radical (unpaired) electrons. The van der Waals surface area contributed by atoms with Crippen LogP contribution in [0.1, 0.15) is 24.9 Å². The summed E-state index contributed by atoms with van der Waals surface area (Å²) in [6.07, 6.45) is 4.32. The van der Waals surface area contributed by atoms with Crippen molar-refractivity contribution >= 4 is 5.82 Å². The van der Waals surface area contributed by atoms with Gasteiger partial charge < -0.3 is 5.32 Å². The average Bonchev–Trinajstić information content (AvgIpc) is 2.38. The van der Waals surface area contributed by atoms with Gasteiger partial charge in [-0.05, 0) is 18.1 Å². The highest BCUT2D eigenvalue weighted by molar-refractivity contribution is 5.36. The van der Waals surface area contributed by atoms with E-state index in [4.69, 9.17) is 0 Å². The highest BCUT2D eigenvalue weighted by atomic mass is 15.0. The molecule has 2 rings (SSSR count). The van der Waals surface area contributed by atoms with Gasteiger partial charge in [-0.25, -0.2) is 9.97 Å². The lowest BCUT2D eigenvalue weighted by Crippen LogP contribution is -2.10. The van der Waals surface area contributed by atoms with E-state index >= 15 is 0 Å². The fourth-order valence-electron chi connectivity index (χ4n) is 1.66. The van der Waals surface area contributed by atoms with Crippen LogP contribution < -0.4 is 5.32 Å². The number of anilines is 1. The second-order valence-corrected chi connectivity index (χ2v) is 3.61. The molecule has 1 atom stereocenters. The van der Waals surface area contributed by atoms with Crippen LogP contribution in [0.2, 0.25) is 0 Å². The van der Waals surface area contributed by atoms with Gasteiger partial charge in [-0.2, -0.15) is 0 Å². The first-order valence-corrected chi connectivity index (χ1v) is 5.47. The quantitative estimate of drug-likeness (QED) is 0.848. The maximum absolute atomic E-state index is 4.17. The summed E-state index contributed by atoms with van der Waals surface area (Å²) in [5.74, 6) is 0.866. The molecule has 82 valence electrons. The number of nitrogens with zero attached hydrogens (tertiary/aromatic N) is 2. The minimum atomic E-state index is 0.302. The summed E-state index contributed by atoms with van der Waals surface area (Å²) in [5, 5.41) is 3.39. The van der Waals surface area contributed by atoms with Crippen LogP contribution in [-0.2, 0) is 0 Å². The predicted molar refractivity (Wildman–Crippen MR) is 65.1 cm³/mol. The van der Waals surface area contributed by atoms with Crippen LogP contribution in [0.3, 0.4) is 0 Å². The molecule has 0 fully saturated rings. The fourth-order valence-corrected chi connectivity index (χ4v) is 1.66. The van der Waals surface area contributed by atoms with Crippen LogP contribution in [0.15, 0.2) is 48.9 Å². The first kappa shape index (κ1) is 10.6. The van der Waals surface area contributed by atoms with E-state index in [2.05, 4.69) is 46.5 Å². The third-order valence-electron chi connectivity index (χ3n) is 2.51. The SMILES string of the molecule is CCC(Nc1ccncn1)c1ccccc1. The van der Waals surface area contributed by atoms with E-state index < -0.39 is 0 Å². The van der Waals surface area contributed by atoms with Crippen LogP contribution in [0.4, 0.5) is 5.82 Å². The molecular weight excluding hydrogens is 198 g/mol. The Balaban J connectivity index is 2.13. The van der Waals surface area contributed by atoms with Crippen molar-refractivity contribution in [2.24, 2.45) is 0 Å². The Kier molecular flexibility index (Phi) is 3.49. The fraction of sp³-hybridized carbons (Fsp3) is 0.231. The third-order valence-corrected chi connectivity index (χ3v) is 2.51. The van der Waals surface area contributed by atoms with E-state index in [1.54, 1.807) is 12.5 Å². The van der Waals surface area contributed by atoms with Crippen molar-refractivity contribution in [2.45, 2.75) is 19.4 Å². The Hall–Kier alpha value is -1.90. The van der Waals surface area contributed by atoms with Gasteiger partial charge >= 0.3 is 0 Å². The topological polar surface area (TPSA) is 37.8 Å². The molecule has 1 N–H and O–H groups in total. The van der Waals surface area contributed by atoms with Crippen LogP contribution in [-0.4, -0.2) is 9.97 Å². The zero-order valence-electron chi connectivity index (χ0n) is 9.30. The number of aromatic nitrogens is 2. The highest BCUT2D eigenvalue weighted by Gasteiger charge is 2.08. The van der Waals surface area contributed by atoms with Gasteiger partial charge in [-0.15, -0.1) is 0 Å². The standard InChI is InChI=1S/C13H15N3/c1-2-12(11-6-4-3-5-7-11)16-13-8-9-14-10-15-13/h3-10,12H,2H2,1H3,(H,14,15,16). The Morgan fingerprint density at radius 1 is 1.19 bits per heavy atom. The van der Waals surface area contributed by atoms with E-state index in [-0.39, 0.29) is 0 Å². The summed E-state index contributed by atoms with van der Waals surface area (Å²) in [7, 11) is 0. The van der Waals surface area contributed by atoms with Gasteiger partial charge in [-0.1, -0.05) is 37.3 Å². The van der Waals surface area contributed by atoms with Gasteiger partial charge in [0.1, 0.15) is 12.1 Å². The Morgan fingerprint density at radius 2 is 2.00 bits per heavy atom. The largest absolute Gasteiger partial charge is 0.363 e. The van der Waals surface area contributed by atoms with Crippen molar-refractivity contribution in [3.63, 3.8) is 0 Å². The monoisotopic (exact) mass is 213 g/mol. The molecule has 0 aliphatic rings. The van der Waals surface area contributed by atoms with E-state index in [1.807, 2.05) is 12.1 Å². The van der Waals surface area contributed by atoms with E-state index in [1.165, 1.54) is 5.56 Å². The maximum Gasteiger partial charge on any atom is 0.129 e. The van der Waals surface area contributed by atoms with E-state index in [0.717, 1.165) is 12.2 Å². The van der Waals surface area contributed by atoms with Crippen LogP contribution in [0.25, 0.3) is 0 Å². The van der Waals surface area contributed by atoms with Crippen molar-refractivity contribution in [1.82, 2.24) is 9.97 Å². The van der Waals surface area contributed by atoms with Gasteiger partial charge in [0.2, 0.25) is 0 Å². The molecule has 0 aliphatic carbocycles. The van der Waals surface area contributed by atoms with Gasteiger partial charge in [-0.3, -0.25) is 0 Å². The average molecular weight is 213 g/mol. The lowest BCUT2D eigenvalue weighted by molar-refractivity contribution is 0.744. The molecule has 1 heterocycles. The van der Waals surface area contributed by atoms with Crippen molar-refractivity contribution < 1.29 is 0 Å². The molecular formula is C13H15N3. The van der Waals surface area contributed by atoms with E-state index in [9.17, 15) is 0 Å². The number of hydrogen-bond acceptors (Lipinski definition) is 3. The molecule has 16 heavy (non-hydrogen) atoms. The van der Waals surface area contributed by atoms with Crippen molar-refractivity contribution in [3.05, 3.63) is 54.5 Å². The minimum absolute atomic E-state index is 0.302. The Labute approximate surface area is 95.6 Å². The lowest BCUT2D eigenvalue weighted by Gasteiger charge is -2.17. The summed E-state index contributed by atoms with van der Waals surface area (Å²) in [4.78, 5) is 8.07. The van der Waals surface area contributed by atoms with Crippen molar-refractivity contribution in [1.29, 1.82) is 0 Å². The third kappa shape index (κ3) is 2.57. The zero-order chi connectivity index (χ0) is 11.2. The van der Waals surface area contributed by atoms with Crippen LogP contribution in [0.5, 0.6) is 0 Å². The molecule has 0 saturated heterocycles. The second-order valence-electron chi connectivity index (χ2n) is 3.61. The Morgan fingerprint density at radius 3 is 2.62 bits per heavy atom. The first-order valence-electron chi connectivity index (χ1n) is 5.47. The number of nitrogens with one attached hydrogen (secondary N) is 1. The van der Waals surface area contributed by atoms with Crippen molar-refractivity contribution in [2.75, 3.05) is 5.32 Å². The summed E-state index contributed by atoms with van der Waals surface area (Å²) >= 11 is 0. The number of benzene rings is 1. The van der Waals surface area contributed by atoms with E-state index in [0.29, 0.717) is 6.04 Å². The normalized spacial score (nSPS) is 12.1. The second kappa shape index (κ2) is 5.26. The first-order chi connectivity index (χ1) is 7.90. The molecule has 0 amide bonds. The molecule has 1 aromatic carbocycles. The smallest absolute Gasteiger partial charge is 0.129 e. The molecule has 0 aliphatic heterocycles. The van der Waals surface area contributed by atoms with Crippen LogP contribution >= 0.6 is 0 Å². The Bertz CT molecular complexity index is 414. The number of rotatable bonds is 4. The summed E-state index contributed by atoms with van der Waals surface area (Å²) in [6.45, 7) is 2.16. The lowest BCUT2D eigenvalue weighted by atomic mass is 10.0. The molecule has 0 bridgehead atoms. The zero-order valence-corrected chi connectivity index (χ0v) is 9.30. The summed E-state index contributed by atoms with van der Waals surface area (Å²) in [5.41, 5.74) is 1.28. The van der Waals surface area contributed by atoms with Crippen molar-refractivity contribution in [3.8, 4) is 0 Å². The molecule has 0 saturated carbocycles. The molecule has 1 aromatic heterocycles. The van der Waals surface area contributed by atoms with Gasteiger partial charge in [0.25, 0.3) is 0 Å². The van der Waals surface area contributed by atoms with Gasteiger partial charge in [0.05, 0.1) is 6.04 Å². The maximum atomic E-state index is 4.17. The number of hydrogen-bond donors (Lipinski definition) is 1. The van der Waals surface area contributed by atoms with Gasteiger partial charge in [0.15, 0.2) is 0 Å².